The molecule has 108 valence electrons. The van der Waals surface area contributed by atoms with Gasteiger partial charge in [-0.1, -0.05) is 5.21 Å². The average molecular weight is 342 g/mol. The van der Waals surface area contributed by atoms with E-state index in [1.165, 1.54) is 0 Å². The Hall–Kier alpha value is -1.70. The van der Waals surface area contributed by atoms with Crippen molar-refractivity contribution in [1.29, 1.82) is 0 Å². The van der Waals surface area contributed by atoms with Crippen molar-refractivity contribution in [3.63, 3.8) is 0 Å². The highest BCUT2D eigenvalue weighted by atomic mass is 79.9. The van der Waals surface area contributed by atoms with Crippen LogP contribution in [0.3, 0.4) is 0 Å². The Bertz CT molecular complexity index is 647. The van der Waals surface area contributed by atoms with Gasteiger partial charge in [-0.3, -0.25) is 4.68 Å². The smallest absolute Gasteiger partial charge is 0.360 e. The Morgan fingerprint density at radius 3 is 2.65 bits per heavy atom. The quantitative estimate of drug-likeness (QED) is 0.790. The largest absolute Gasteiger partial charge is 0.461 e. The Morgan fingerprint density at radius 2 is 2.10 bits per heavy atom. The van der Waals surface area contributed by atoms with Crippen LogP contribution in [0.15, 0.2) is 4.47 Å². The summed E-state index contributed by atoms with van der Waals surface area (Å²) in [6, 6.07) is 0. The summed E-state index contributed by atoms with van der Waals surface area (Å²) in [7, 11) is 1.87. The first-order valence-corrected chi connectivity index (χ1v) is 7.00. The molecule has 20 heavy (non-hydrogen) atoms. The van der Waals surface area contributed by atoms with Crippen LogP contribution in [0.25, 0.3) is 0 Å². The Balaban J connectivity index is 2.29. The second kappa shape index (κ2) is 5.74. The summed E-state index contributed by atoms with van der Waals surface area (Å²) >= 11 is 3.51. The van der Waals surface area contributed by atoms with Crippen LogP contribution in [0.4, 0.5) is 0 Å². The van der Waals surface area contributed by atoms with Crippen LogP contribution in [-0.4, -0.2) is 37.4 Å². The van der Waals surface area contributed by atoms with Gasteiger partial charge in [-0.15, -0.1) is 5.10 Å². The van der Waals surface area contributed by atoms with Crippen LogP contribution in [0.5, 0.6) is 0 Å². The van der Waals surface area contributed by atoms with Gasteiger partial charge in [0.1, 0.15) is 0 Å². The fourth-order valence-electron chi connectivity index (χ4n) is 1.89. The molecule has 7 nitrogen and oxygen atoms in total. The second-order valence-electron chi connectivity index (χ2n) is 4.37. The van der Waals surface area contributed by atoms with Gasteiger partial charge in [0.2, 0.25) is 0 Å². The molecule has 8 heteroatoms. The van der Waals surface area contributed by atoms with Crippen molar-refractivity contribution in [2.24, 2.45) is 7.05 Å². The molecule has 2 rings (SSSR count). The number of carbonyl (C=O) groups excluding carboxylic acids is 1. The lowest BCUT2D eigenvalue weighted by molar-refractivity contribution is 0.0518. The monoisotopic (exact) mass is 341 g/mol. The number of aryl methyl sites for hydroxylation is 2. The van der Waals surface area contributed by atoms with E-state index in [-0.39, 0.29) is 5.69 Å². The van der Waals surface area contributed by atoms with Crippen molar-refractivity contribution in [2.75, 3.05) is 6.61 Å². The van der Waals surface area contributed by atoms with Crippen molar-refractivity contribution in [3.05, 3.63) is 27.2 Å². The standard InChI is InChI=1S/C12H16BrN5O2/c1-5-20-12(19)11-8(3)18(16-14-11)6-9-10(13)7(2)15-17(9)4/h5-6H2,1-4H3. The van der Waals surface area contributed by atoms with Gasteiger partial charge in [-0.25, -0.2) is 9.48 Å². The number of rotatable bonds is 4. The maximum atomic E-state index is 11.7. The number of carbonyl (C=O) groups is 1. The predicted molar refractivity (Wildman–Crippen MR) is 75.5 cm³/mol. The molecule has 0 atom stereocenters. The van der Waals surface area contributed by atoms with E-state index in [0.717, 1.165) is 15.9 Å². The summed E-state index contributed by atoms with van der Waals surface area (Å²) in [6.45, 7) is 6.27. The summed E-state index contributed by atoms with van der Waals surface area (Å²) in [5, 5.41) is 12.2. The summed E-state index contributed by atoms with van der Waals surface area (Å²) in [4.78, 5) is 11.7. The molecule has 0 unspecified atom stereocenters. The minimum absolute atomic E-state index is 0.252. The first kappa shape index (κ1) is 14.7. The first-order chi connectivity index (χ1) is 9.45. The molecule has 0 N–H and O–H groups in total. The number of ether oxygens (including phenoxy) is 1. The summed E-state index contributed by atoms with van der Waals surface area (Å²) in [5.41, 5.74) is 2.80. The van der Waals surface area contributed by atoms with Gasteiger partial charge in [0.25, 0.3) is 0 Å². The van der Waals surface area contributed by atoms with E-state index in [1.54, 1.807) is 23.2 Å². The van der Waals surface area contributed by atoms with E-state index in [4.69, 9.17) is 4.74 Å². The Morgan fingerprint density at radius 1 is 1.40 bits per heavy atom. The molecular formula is C12H16BrN5O2. The third-order valence-electron chi connectivity index (χ3n) is 3.01. The van der Waals surface area contributed by atoms with Gasteiger partial charge in [-0.05, 0) is 36.7 Å². The van der Waals surface area contributed by atoms with Crippen molar-refractivity contribution in [3.8, 4) is 0 Å². The zero-order valence-electron chi connectivity index (χ0n) is 11.8. The van der Waals surface area contributed by atoms with E-state index >= 15 is 0 Å². The molecule has 0 saturated heterocycles. The van der Waals surface area contributed by atoms with Crippen LogP contribution >= 0.6 is 15.9 Å². The number of aromatic nitrogens is 5. The number of hydrogen-bond acceptors (Lipinski definition) is 5. The zero-order valence-corrected chi connectivity index (χ0v) is 13.4. The first-order valence-electron chi connectivity index (χ1n) is 6.20. The normalized spacial score (nSPS) is 10.8. The summed E-state index contributed by atoms with van der Waals surface area (Å²) in [6.07, 6.45) is 0. The molecule has 2 aromatic rings. The molecular weight excluding hydrogens is 326 g/mol. The third kappa shape index (κ3) is 2.60. The Kier molecular flexibility index (Phi) is 4.22. The SMILES string of the molecule is CCOC(=O)c1nnn(Cc2c(Br)c(C)nn2C)c1C. The van der Waals surface area contributed by atoms with Crippen molar-refractivity contribution in [1.82, 2.24) is 24.8 Å². The van der Waals surface area contributed by atoms with Crippen LogP contribution in [0.2, 0.25) is 0 Å². The molecule has 0 aliphatic heterocycles. The zero-order chi connectivity index (χ0) is 14.9. The number of halogens is 1. The van der Waals surface area contributed by atoms with E-state index in [9.17, 15) is 4.79 Å². The number of nitrogens with zero attached hydrogens (tertiary/aromatic N) is 5. The predicted octanol–water partition coefficient (Wildman–Crippen LogP) is 1.62. The molecule has 0 spiro atoms. The van der Waals surface area contributed by atoms with E-state index < -0.39 is 5.97 Å². The topological polar surface area (TPSA) is 74.8 Å². The second-order valence-corrected chi connectivity index (χ2v) is 5.16. The van der Waals surface area contributed by atoms with Crippen molar-refractivity contribution >= 4 is 21.9 Å². The van der Waals surface area contributed by atoms with Crippen molar-refractivity contribution in [2.45, 2.75) is 27.3 Å². The molecule has 0 bridgehead atoms. The van der Waals surface area contributed by atoms with Gasteiger partial charge in [0.15, 0.2) is 5.69 Å². The lowest BCUT2D eigenvalue weighted by Gasteiger charge is -2.05. The number of hydrogen-bond donors (Lipinski definition) is 0. The molecule has 0 fully saturated rings. The van der Waals surface area contributed by atoms with Crippen LogP contribution in [0, 0.1) is 13.8 Å². The van der Waals surface area contributed by atoms with Gasteiger partial charge in [0, 0.05) is 7.05 Å². The Labute approximate surface area is 125 Å². The van der Waals surface area contributed by atoms with Crippen LogP contribution in [-0.2, 0) is 18.3 Å². The molecule has 2 aromatic heterocycles. The molecule has 0 radical (unpaired) electrons. The maximum absolute atomic E-state index is 11.7. The lowest BCUT2D eigenvalue weighted by Crippen LogP contribution is -2.11. The molecule has 2 heterocycles. The van der Waals surface area contributed by atoms with E-state index in [0.29, 0.717) is 18.8 Å². The highest BCUT2D eigenvalue weighted by molar-refractivity contribution is 9.10. The van der Waals surface area contributed by atoms with Crippen LogP contribution < -0.4 is 0 Å². The van der Waals surface area contributed by atoms with E-state index in [1.807, 2.05) is 14.0 Å². The van der Waals surface area contributed by atoms with Crippen LogP contribution in [0.1, 0.15) is 34.5 Å². The molecule has 0 amide bonds. The number of esters is 1. The average Bonchev–Trinajstić information content (AvgIpc) is 2.86. The molecule has 0 aliphatic carbocycles. The molecule has 0 aromatic carbocycles. The van der Waals surface area contributed by atoms with Gasteiger partial charge in [0.05, 0.1) is 34.7 Å². The fraction of sp³-hybridized carbons (Fsp3) is 0.500. The highest BCUT2D eigenvalue weighted by Gasteiger charge is 2.19. The summed E-state index contributed by atoms with van der Waals surface area (Å²) < 4.78 is 9.32. The van der Waals surface area contributed by atoms with Gasteiger partial charge in [-0.2, -0.15) is 5.10 Å². The minimum Gasteiger partial charge on any atom is -0.461 e. The summed E-state index contributed by atoms with van der Waals surface area (Å²) in [5.74, 6) is -0.448. The van der Waals surface area contributed by atoms with Crippen molar-refractivity contribution < 1.29 is 9.53 Å². The lowest BCUT2D eigenvalue weighted by atomic mass is 10.3. The van der Waals surface area contributed by atoms with Gasteiger partial charge >= 0.3 is 5.97 Å². The fourth-order valence-corrected chi connectivity index (χ4v) is 2.35. The van der Waals surface area contributed by atoms with Gasteiger partial charge < -0.3 is 4.74 Å². The maximum Gasteiger partial charge on any atom is 0.360 e. The van der Waals surface area contributed by atoms with E-state index in [2.05, 4.69) is 31.3 Å². The molecule has 0 saturated carbocycles. The third-order valence-corrected chi connectivity index (χ3v) is 4.04. The molecule has 0 aliphatic rings. The minimum atomic E-state index is -0.448. The highest BCUT2D eigenvalue weighted by Crippen LogP contribution is 2.21.